The van der Waals surface area contributed by atoms with E-state index in [2.05, 4.69) is 30.6 Å². The number of nitrogens with zero attached hydrogens (tertiary/aromatic N) is 4. The summed E-state index contributed by atoms with van der Waals surface area (Å²) in [5.41, 5.74) is 3.73. The number of hydrogen-bond donors (Lipinski definition) is 5. The van der Waals surface area contributed by atoms with Crippen LogP contribution in [0.15, 0.2) is 70.1 Å². The Morgan fingerprint density at radius 1 is 0.767 bits per heavy atom. The summed E-state index contributed by atoms with van der Waals surface area (Å²) in [7, 11) is 1.27. The quantitative estimate of drug-likeness (QED) is 0.0714. The first-order valence-corrected chi connectivity index (χ1v) is 20.3. The molecule has 2 aliphatic rings. The van der Waals surface area contributed by atoms with Crippen LogP contribution in [0.5, 0.6) is 0 Å². The number of carbonyl (C=O) groups excluding carboxylic acids is 3. The Balaban J connectivity index is 1.06. The lowest BCUT2D eigenvalue weighted by molar-refractivity contribution is -0.136. The Bertz CT molecular complexity index is 2700. The van der Waals surface area contributed by atoms with Crippen molar-refractivity contribution in [3.05, 3.63) is 82.8 Å². The number of methoxy groups -OCH3 is 1. The Labute approximate surface area is 344 Å². The first kappa shape index (κ1) is 40.1. The van der Waals surface area contributed by atoms with Gasteiger partial charge in [0, 0.05) is 24.2 Å². The van der Waals surface area contributed by atoms with Crippen LogP contribution in [-0.2, 0) is 14.3 Å². The lowest BCUT2D eigenvalue weighted by Crippen LogP contribution is -2.51. The van der Waals surface area contributed by atoms with Gasteiger partial charge in [-0.05, 0) is 78.6 Å². The van der Waals surface area contributed by atoms with E-state index < -0.39 is 24.3 Å². The second-order valence-electron chi connectivity index (χ2n) is 16.3. The van der Waals surface area contributed by atoms with Gasteiger partial charge in [0.1, 0.15) is 34.9 Å². The van der Waals surface area contributed by atoms with Crippen molar-refractivity contribution in [1.29, 1.82) is 0 Å². The Morgan fingerprint density at radius 2 is 1.32 bits per heavy atom. The smallest absolute Gasteiger partial charge is 0.407 e. The molecule has 0 bridgehead atoms. The van der Waals surface area contributed by atoms with E-state index in [9.17, 15) is 29.1 Å². The Kier molecular flexibility index (Phi) is 10.8. The van der Waals surface area contributed by atoms with Crippen LogP contribution in [0.4, 0.5) is 9.59 Å². The molecule has 16 heteroatoms. The highest BCUT2D eigenvalue weighted by Gasteiger charge is 2.39. The summed E-state index contributed by atoms with van der Waals surface area (Å²) in [6, 6.07) is 12.7. The van der Waals surface area contributed by atoms with Gasteiger partial charge >= 0.3 is 12.2 Å². The molecule has 5 heterocycles. The highest BCUT2D eigenvalue weighted by molar-refractivity contribution is 6.09. The van der Waals surface area contributed by atoms with Crippen LogP contribution < -0.4 is 16.1 Å². The molecule has 6 aromatic rings. The molecule has 312 valence electrons. The van der Waals surface area contributed by atoms with Crippen LogP contribution in [0.2, 0.25) is 0 Å². The standard InChI is InChI=1S/C44H48N8O8/c1-22(2)36(49-43(56)57)41(54)51-16-6-8-31(51)39-45-20-29(47-39)25-10-13-27-24(18-25)11-15-34-35(27)38(53)28-19-26(12-14-33(28)60-34)30-21-46-40(48-30)32-9-7-17-52(32)42(55)37(23(3)4)50-44(58)59-5/h10-15,18-23,31-32,36-37,49H,6-9,16-17H2,1-5H3,(H,45,47)(H,46,48)(H,50,58)(H,56,57)/t31-,32-,36-,37-/m0/s1. The zero-order chi connectivity index (χ0) is 42.4. The van der Waals surface area contributed by atoms with E-state index in [-0.39, 0.29) is 41.2 Å². The molecule has 16 nitrogen and oxygen atoms in total. The highest BCUT2D eigenvalue weighted by Crippen LogP contribution is 2.36. The minimum Gasteiger partial charge on any atom is -0.465 e. The first-order valence-electron chi connectivity index (χ1n) is 20.3. The largest absolute Gasteiger partial charge is 0.465 e. The molecule has 4 atom stereocenters. The molecule has 60 heavy (non-hydrogen) atoms. The van der Waals surface area contributed by atoms with Crippen molar-refractivity contribution in [1.82, 2.24) is 40.4 Å². The third-order valence-electron chi connectivity index (χ3n) is 11.8. The summed E-state index contributed by atoms with van der Waals surface area (Å²) < 4.78 is 11.1. The summed E-state index contributed by atoms with van der Waals surface area (Å²) in [6.07, 6.45) is 4.49. The average molecular weight is 817 g/mol. The molecule has 5 N–H and O–H groups in total. The van der Waals surface area contributed by atoms with Crippen molar-refractivity contribution in [2.45, 2.75) is 77.5 Å². The van der Waals surface area contributed by atoms with E-state index in [4.69, 9.17) is 9.15 Å². The topological polar surface area (TPSA) is 216 Å². The van der Waals surface area contributed by atoms with Gasteiger partial charge in [0.2, 0.25) is 17.2 Å². The maximum atomic E-state index is 14.3. The van der Waals surface area contributed by atoms with Gasteiger partial charge < -0.3 is 44.7 Å². The van der Waals surface area contributed by atoms with Crippen molar-refractivity contribution < 1.29 is 33.4 Å². The Morgan fingerprint density at radius 3 is 1.88 bits per heavy atom. The summed E-state index contributed by atoms with van der Waals surface area (Å²) >= 11 is 0. The van der Waals surface area contributed by atoms with Gasteiger partial charge in [-0.3, -0.25) is 14.4 Å². The average Bonchev–Trinajstić information content (AvgIpc) is 4.08. The molecule has 0 unspecified atom stereocenters. The normalized spacial score (nSPS) is 17.9. The predicted molar refractivity (Wildman–Crippen MR) is 224 cm³/mol. The minimum absolute atomic E-state index is 0.155. The van der Waals surface area contributed by atoms with E-state index in [1.165, 1.54) is 7.11 Å². The SMILES string of the molecule is COC(=O)N[C@H](C(=O)N1CCC[C@H]1c1ncc(-c2ccc3oc4ccc5cc(-c6cnc([C@@H]7CCCN7C(=O)[C@@H](NC(=O)O)C(C)C)[nH]6)ccc5c4c(=O)c3c2)[nH]1)C(C)C. The van der Waals surface area contributed by atoms with Crippen LogP contribution in [0, 0.1) is 11.8 Å². The molecule has 2 aliphatic heterocycles. The van der Waals surface area contributed by atoms with Crippen molar-refractivity contribution in [2.75, 3.05) is 20.2 Å². The van der Waals surface area contributed by atoms with Gasteiger partial charge in [0.25, 0.3) is 0 Å². The lowest BCUT2D eigenvalue weighted by atomic mass is 10.00. The number of imidazole rings is 2. The number of aromatic amines is 2. The number of rotatable bonds is 10. The summed E-state index contributed by atoms with van der Waals surface area (Å²) in [5, 5.41) is 16.8. The van der Waals surface area contributed by atoms with Gasteiger partial charge in [-0.25, -0.2) is 19.6 Å². The fraction of sp³-hybridized carbons (Fsp3) is 0.386. The number of H-pyrrole nitrogens is 2. The number of benzene rings is 3. The summed E-state index contributed by atoms with van der Waals surface area (Å²) in [6.45, 7) is 8.41. The number of carbonyl (C=O) groups is 4. The number of likely N-dealkylation sites (tertiary alicyclic amines) is 2. The van der Waals surface area contributed by atoms with Crippen molar-refractivity contribution in [3.8, 4) is 22.5 Å². The molecule has 3 aromatic carbocycles. The molecule has 8 rings (SSSR count). The minimum atomic E-state index is -1.24. The molecule has 0 aliphatic carbocycles. The van der Waals surface area contributed by atoms with Gasteiger partial charge in [0.05, 0.1) is 53.7 Å². The van der Waals surface area contributed by atoms with E-state index in [0.717, 1.165) is 40.4 Å². The molecule has 0 spiro atoms. The summed E-state index contributed by atoms with van der Waals surface area (Å²) in [4.78, 5) is 84.5. The van der Waals surface area contributed by atoms with Crippen LogP contribution in [0.3, 0.4) is 0 Å². The fourth-order valence-corrected chi connectivity index (χ4v) is 8.65. The maximum absolute atomic E-state index is 14.3. The number of aromatic nitrogens is 4. The van der Waals surface area contributed by atoms with Gasteiger partial charge in [-0.2, -0.15) is 0 Å². The maximum Gasteiger partial charge on any atom is 0.407 e. The van der Waals surface area contributed by atoms with Gasteiger partial charge in [-0.15, -0.1) is 0 Å². The van der Waals surface area contributed by atoms with Crippen molar-refractivity contribution in [3.63, 3.8) is 0 Å². The lowest BCUT2D eigenvalue weighted by Gasteiger charge is -2.30. The zero-order valence-corrected chi connectivity index (χ0v) is 34.1. The first-order chi connectivity index (χ1) is 28.8. The summed E-state index contributed by atoms with van der Waals surface area (Å²) in [5.74, 6) is 0.403. The number of ether oxygens (including phenoxy) is 1. The number of carboxylic acid groups (broad SMARTS) is 1. The number of hydrogen-bond acceptors (Lipinski definition) is 9. The predicted octanol–water partition coefficient (Wildman–Crippen LogP) is 6.88. The highest BCUT2D eigenvalue weighted by atomic mass is 16.5. The van der Waals surface area contributed by atoms with Gasteiger partial charge in [0.15, 0.2) is 0 Å². The monoisotopic (exact) mass is 816 g/mol. The van der Waals surface area contributed by atoms with Crippen LogP contribution in [0.1, 0.15) is 77.1 Å². The van der Waals surface area contributed by atoms with Crippen LogP contribution in [-0.4, -0.2) is 91.1 Å². The van der Waals surface area contributed by atoms with Gasteiger partial charge in [-0.1, -0.05) is 45.9 Å². The molecule has 2 fully saturated rings. The molecule has 2 saturated heterocycles. The molecule has 4 amide bonds. The fourth-order valence-electron chi connectivity index (χ4n) is 8.65. The molecule has 0 saturated carbocycles. The number of nitrogens with one attached hydrogen (secondary N) is 4. The van der Waals surface area contributed by atoms with E-state index in [1.807, 2.05) is 58.0 Å². The molecular formula is C44H48N8O8. The van der Waals surface area contributed by atoms with E-state index >= 15 is 0 Å². The van der Waals surface area contributed by atoms with E-state index in [1.54, 1.807) is 40.4 Å². The van der Waals surface area contributed by atoms with E-state index in [0.29, 0.717) is 65.2 Å². The Hall–Kier alpha value is -6.71. The second kappa shape index (κ2) is 16.2. The third kappa shape index (κ3) is 7.41. The van der Waals surface area contributed by atoms with Crippen molar-refractivity contribution in [2.24, 2.45) is 11.8 Å². The number of amides is 4. The van der Waals surface area contributed by atoms with Crippen molar-refractivity contribution >= 4 is 56.7 Å². The second-order valence-corrected chi connectivity index (χ2v) is 16.3. The number of alkyl carbamates (subject to hydrolysis) is 1. The number of fused-ring (bicyclic) bond motifs is 4. The third-order valence-corrected chi connectivity index (χ3v) is 11.8. The van der Waals surface area contributed by atoms with Crippen LogP contribution >= 0.6 is 0 Å². The zero-order valence-electron chi connectivity index (χ0n) is 34.1. The molecule has 3 aromatic heterocycles. The molecule has 0 radical (unpaired) electrons. The van der Waals surface area contributed by atoms with Crippen LogP contribution in [0.25, 0.3) is 55.2 Å². The molecular weight excluding hydrogens is 769 g/mol.